The van der Waals surface area contributed by atoms with Crippen molar-refractivity contribution in [1.29, 1.82) is 0 Å². The SMILES string of the molecule is CNC(=O)NC(=O)[C@@H](C)Oc1ccc(Br)cc1. The average Bonchev–Trinajstić information content (AvgIpc) is 2.31. The van der Waals surface area contributed by atoms with Crippen molar-refractivity contribution in [2.75, 3.05) is 7.05 Å². The van der Waals surface area contributed by atoms with E-state index in [-0.39, 0.29) is 0 Å². The van der Waals surface area contributed by atoms with Crippen LogP contribution in [0.4, 0.5) is 4.79 Å². The van der Waals surface area contributed by atoms with Crippen LogP contribution in [0.1, 0.15) is 6.92 Å². The van der Waals surface area contributed by atoms with Gasteiger partial charge in [-0.2, -0.15) is 0 Å². The minimum atomic E-state index is -0.742. The summed E-state index contributed by atoms with van der Waals surface area (Å²) in [7, 11) is 1.43. The smallest absolute Gasteiger partial charge is 0.321 e. The fourth-order valence-corrected chi connectivity index (χ4v) is 1.31. The Balaban J connectivity index is 2.54. The van der Waals surface area contributed by atoms with E-state index in [0.717, 1.165) is 4.47 Å². The third-order valence-electron chi connectivity index (χ3n) is 1.96. The molecule has 0 aliphatic carbocycles. The fourth-order valence-electron chi connectivity index (χ4n) is 1.05. The van der Waals surface area contributed by atoms with Crippen molar-refractivity contribution in [1.82, 2.24) is 10.6 Å². The van der Waals surface area contributed by atoms with Gasteiger partial charge in [-0.1, -0.05) is 15.9 Å². The highest BCUT2D eigenvalue weighted by Crippen LogP contribution is 2.17. The zero-order valence-electron chi connectivity index (χ0n) is 9.49. The van der Waals surface area contributed by atoms with Gasteiger partial charge in [0.2, 0.25) is 0 Å². The van der Waals surface area contributed by atoms with Crippen LogP contribution in [0.15, 0.2) is 28.7 Å². The van der Waals surface area contributed by atoms with E-state index in [4.69, 9.17) is 4.74 Å². The Bertz CT molecular complexity index is 406. The van der Waals surface area contributed by atoms with Crippen LogP contribution in [0.3, 0.4) is 0 Å². The molecule has 3 amide bonds. The second kappa shape index (κ2) is 6.24. The molecule has 2 N–H and O–H groups in total. The molecule has 5 nitrogen and oxygen atoms in total. The molecule has 92 valence electrons. The number of amides is 3. The van der Waals surface area contributed by atoms with Crippen LogP contribution in [0.2, 0.25) is 0 Å². The number of carbonyl (C=O) groups excluding carboxylic acids is 2. The highest BCUT2D eigenvalue weighted by molar-refractivity contribution is 9.10. The predicted octanol–water partition coefficient (Wildman–Crippen LogP) is 1.67. The third kappa shape index (κ3) is 4.44. The maximum atomic E-state index is 11.5. The summed E-state index contributed by atoms with van der Waals surface area (Å²) < 4.78 is 6.29. The monoisotopic (exact) mass is 300 g/mol. The topological polar surface area (TPSA) is 67.4 Å². The molecule has 0 heterocycles. The Morgan fingerprint density at radius 2 is 1.88 bits per heavy atom. The average molecular weight is 301 g/mol. The van der Waals surface area contributed by atoms with Crippen LogP contribution in [-0.2, 0) is 4.79 Å². The van der Waals surface area contributed by atoms with Crippen molar-refractivity contribution in [3.63, 3.8) is 0 Å². The summed E-state index contributed by atoms with van der Waals surface area (Å²) in [6.07, 6.45) is -0.742. The van der Waals surface area contributed by atoms with Crippen molar-refractivity contribution >= 4 is 27.9 Å². The van der Waals surface area contributed by atoms with Gasteiger partial charge >= 0.3 is 6.03 Å². The number of hydrogen-bond donors (Lipinski definition) is 2. The van der Waals surface area contributed by atoms with Crippen LogP contribution in [0, 0.1) is 0 Å². The first-order valence-electron chi connectivity index (χ1n) is 4.97. The molecule has 0 saturated heterocycles. The lowest BCUT2D eigenvalue weighted by Crippen LogP contribution is -2.43. The van der Waals surface area contributed by atoms with Gasteiger partial charge in [0, 0.05) is 11.5 Å². The maximum Gasteiger partial charge on any atom is 0.321 e. The number of ether oxygens (including phenoxy) is 1. The van der Waals surface area contributed by atoms with Crippen LogP contribution in [-0.4, -0.2) is 25.1 Å². The summed E-state index contributed by atoms with van der Waals surface area (Å²) >= 11 is 3.29. The van der Waals surface area contributed by atoms with E-state index in [9.17, 15) is 9.59 Å². The molecule has 0 fully saturated rings. The lowest BCUT2D eigenvalue weighted by Gasteiger charge is -2.13. The van der Waals surface area contributed by atoms with Crippen molar-refractivity contribution in [3.8, 4) is 5.75 Å². The Labute approximate surface area is 108 Å². The second-order valence-electron chi connectivity index (χ2n) is 3.28. The van der Waals surface area contributed by atoms with E-state index in [0.29, 0.717) is 5.75 Å². The van der Waals surface area contributed by atoms with Gasteiger partial charge in [0.25, 0.3) is 5.91 Å². The minimum absolute atomic E-state index is 0.493. The first-order chi connectivity index (χ1) is 8.02. The van der Waals surface area contributed by atoms with Gasteiger partial charge in [-0.3, -0.25) is 10.1 Å². The molecule has 0 saturated carbocycles. The molecule has 0 bridgehead atoms. The summed E-state index contributed by atoms with van der Waals surface area (Å²) in [5.74, 6) is 0.0695. The summed E-state index contributed by atoms with van der Waals surface area (Å²) in [6, 6.07) is 6.51. The normalized spacial score (nSPS) is 11.5. The first kappa shape index (κ1) is 13.5. The fraction of sp³-hybridized carbons (Fsp3) is 0.273. The van der Waals surface area contributed by atoms with Crippen LogP contribution >= 0.6 is 15.9 Å². The maximum absolute atomic E-state index is 11.5. The van der Waals surface area contributed by atoms with E-state index in [1.54, 1.807) is 31.2 Å². The molecule has 0 unspecified atom stereocenters. The van der Waals surface area contributed by atoms with E-state index >= 15 is 0 Å². The quantitative estimate of drug-likeness (QED) is 0.892. The molecule has 6 heteroatoms. The Morgan fingerprint density at radius 1 is 1.29 bits per heavy atom. The number of carbonyl (C=O) groups is 2. The Kier molecular flexibility index (Phi) is 4.96. The molecular formula is C11H13BrN2O3. The second-order valence-corrected chi connectivity index (χ2v) is 4.20. The van der Waals surface area contributed by atoms with Crippen LogP contribution < -0.4 is 15.4 Å². The molecule has 1 rings (SSSR count). The molecule has 1 aromatic rings. The number of urea groups is 1. The highest BCUT2D eigenvalue weighted by atomic mass is 79.9. The summed E-state index contributed by atoms with van der Waals surface area (Å²) in [5, 5.41) is 4.43. The zero-order valence-corrected chi connectivity index (χ0v) is 11.1. The van der Waals surface area contributed by atoms with Crippen molar-refractivity contribution in [2.45, 2.75) is 13.0 Å². The standard InChI is InChI=1S/C11H13BrN2O3/c1-7(10(15)14-11(16)13-2)17-9-5-3-8(12)4-6-9/h3-7H,1-2H3,(H2,13,14,15,16)/t7-/m1/s1. The van der Waals surface area contributed by atoms with Gasteiger partial charge in [0.1, 0.15) is 5.75 Å². The first-order valence-corrected chi connectivity index (χ1v) is 5.77. The zero-order chi connectivity index (χ0) is 12.8. The molecule has 0 spiro atoms. The molecular weight excluding hydrogens is 288 g/mol. The minimum Gasteiger partial charge on any atom is -0.481 e. The molecule has 0 radical (unpaired) electrons. The van der Waals surface area contributed by atoms with Gasteiger partial charge in [-0.25, -0.2) is 4.79 Å². The lowest BCUT2D eigenvalue weighted by molar-refractivity contribution is -0.126. The number of nitrogens with one attached hydrogen (secondary N) is 2. The summed E-state index contributed by atoms with van der Waals surface area (Å²) in [6.45, 7) is 1.57. The number of hydrogen-bond acceptors (Lipinski definition) is 3. The number of benzene rings is 1. The molecule has 0 aromatic heterocycles. The predicted molar refractivity (Wildman–Crippen MR) is 66.8 cm³/mol. The third-order valence-corrected chi connectivity index (χ3v) is 2.49. The van der Waals surface area contributed by atoms with Crippen LogP contribution in [0.25, 0.3) is 0 Å². The molecule has 1 aromatic carbocycles. The van der Waals surface area contributed by atoms with Gasteiger partial charge in [0.15, 0.2) is 6.10 Å². The number of imide groups is 1. The van der Waals surface area contributed by atoms with Crippen molar-refractivity contribution in [2.24, 2.45) is 0 Å². The van der Waals surface area contributed by atoms with Gasteiger partial charge in [-0.05, 0) is 31.2 Å². The van der Waals surface area contributed by atoms with E-state index < -0.39 is 18.0 Å². The van der Waals surface area contributed by atoms with E-state index in [1.807, 2.05) is 0 Å². The summed E-state index contributed by atoms with van der Waals surface area (Å²) in [4.78, 5) is 22.4. The molecule has 17 heavy (non-hydrogen) atoms. The Morgan fingerprint density at radius 3 is 2.41 bits per heavy atom. The van der Waals surface area contributed by atoms with Gasteiger partial charge in [0.05, 0.1) is 0 Å². The lowest BCUT2D eigenvalue weighted by atomic mass is 10.3. The molecule has 0 aliphatic rings. The van der Waals surface area contributed by atoms with Crippen LogP contribution in [0.5, 0.6) is 5.75 Å². The Hall–Kier alpha value is -1.56. The molecule has 0 aliphatic heterocycles. The molecule has 1 atom stereocenters. The highest BCUT2D eigenvalue weighted by Gasteiger charge is 2.16. The largest absolute Gasteiger partial charge is 0.481 e. The van der Waals surface area contributed by atoms with Crippen molar-refractivity contribution < 1.29 is 14.3 Å². The van der Waals surface area contributed by atoms with Gasteiger partial charge in [-0.15, -0.1) is 0 Å². The van der Waals surface area contributed by atoms with E-state index in [2.05, 4.69) is 26.6 Å². The van der Waals surface area contributed by atoms with E-state index in [1.165, 1.54) is 7.05 Å². The number of rotatable bonds is 3. The summed E-state index contributed by atoms with van der Waals surface area (Å²) in [5.41, 5.74) is 0. The number of halogens is 1. The van der Waals surface area contributed by atoms with Gasteiger partial charge < -0.3 is 10.1 Å². The van der Waals surface area contributed by atoms with Crippen molar-refractivity contribution in [3.05, 3.63) is 28.7 Å².